The van der Waals surface area contributed by atoms with E-state index in [1.54, 1.807) is 11.1 Å². The predicted molar refractivity (Wildman–Crippen MR) is 148 cm³/mol. The van der Waals surface area contributed by atoms with E-state index >= 15 is 0 Å². The Kier molecular flexibility index (Phi) is 3.93. The van der Waals surface area contributed by atoms with Gasteiger partial charge in [0.2, 0.25) is 0 Å². The van der Waals surface area contributed by atoms with E-state index in [-0.39, 0.29) is 0 Å². The van der Waals surface area contributed by atoms with Crippen molar-refractivity contribution in [1.29, 1.82) is 0 Å². The summed E-state index contributed by atoms with van der Waals surface area (Å²) in [6.45, 7) is 0. The molecule has 0 amide bonds. The average Bonchev–Trinajstić information content (AvgIpc) is 3.31. The average molecular weight is 445 g/mol. The van der Waals surface area contributed by atoms with Crippen LogP contribution in [0.3, 0.4) is 0 Å². The van der Waals surface area contributed by atoms with Gasteiger partial charge in [0, 0.05) is 11.8 Å². The first-order valence-electron chi connectivity index (χ1n) is 12.6. The molecule has 35 heavy (non-hydrogen) atoms. The van der Waals surface area contributed by atoms with Crippen molar-refractivity contribution in [3.8, 4) is 11.1 Å². The largest absolute Gasteiger partial charge is 0.0769 e. The fourth-order valence-corrected chi connectivity index (χ4v) is 6.85. The van der Waals surface area contributed by atoms with Crippen LogP contribution in [-0.2, 0) is 0 Å². The molecule has 164 valence electrons. The highest BCUT2D eigenvalue weighted by Gasteiger charge is 2.33. The molecule has 5 aromatic rings. The fourth-order valence-electron chi connectivity index (χ4n) is 6.85. The molecular formula is C35H24. The highest BCUT2D eigenvalue weighted by atomic mass is 14.4. The number of hydrogen-bond acceptors (Lipinski definition) is 0. The quantitative estimate of drug-likeness (QED) is 0.250. The summed E-state index contributed by atoms with van der Waals surface area (Å²) in [5.74, 6) is 1.07. The molecule has 0 fully saturated rings. The fraction of sp³-hybridized carbons (Fsp3) is 0.0857. The molecule has 0 aromatic heterocycles. The van der Waals surface area contributed by atoms with E-state index in [9.17, 15) is 0 Å². The zero-order valence-electron chi connectivity index (χ0n) is 19.4. The lowest BCUT2D eigenvalue weighted by Gasteiger charge is -2.21. The Morgan fingerprint density at radius 3 is 1.89 bits per heavy atom. The SMILES string of the molecule is C1=CC2CC3C=CC(c4c5ccccc5c(-c5ccccc5)c5ccccc45)=c4ccc(c2c43)=C1. The Balaban J connectivity index is 1.56. The predicted octanol–water partition coefficient (Wildman–Crippen LogP) is 7.35. The molecule has 0 aliphatic heterocycles. The Hall–Kier alpha value is -4.16. The molecular weight excluding hydrogens is 420 g/mol. The molecule has 0 heterocycles. The summed E-state index contributed by atoms with van der Waals surface area (Å²) in [4.78, 5) is 0. The lowest BCUT2D eigenvalue weighted by atomic mass is 9.82. The molecule has 0 N–H and O–H groups in total. The van der Waals surface area contributed by atoms with Crippen LogP contribution in [0.15, 0.2) is 115 Å². The van der Waals surface area contributed by atoms with Crippen LogP contribution in [0, 0.1) is 0 Å². The minimum Gasteiger partial charge on any atom is -0.0769 e. The minimum absolute atomic E-state index is 0.519. The van der Waals surface area contributed by atoms with E-state index in [2.05, 4.69) is 121 Å². The van der Waals surface area contributed by atoms with Gasteiger partial charge in [0.1, 0.15) is 0 Å². The van der Waals surface area contributed by atoms with Gasteiger partial charge in [0.05, 0.1) is 0 Å². The highest BCUT2D eigenvalue weighted by Crippen LogP contribution is 2.46. The summed E-state index contributed by atoms with van der Waals surface area (Å²) in [5, 5.41) is 8.12. The van der Waals surface area contributed by atoms with Crippen LogP contribution in [0.4, 0.5) is 0 Å². The van der Waals surface area contributed by atoms with Crippen molar-refractivity contribution in [2.45, 2.75) is 18.3 Å². The Morgan fingerprint density at radius 1 is 0.543 bits per heavy atom. The number of allylic oxidation sites excluding steroid dienone is 4. The molecule has 0 saturated carbocycles. The van der Waals surface area contributed by atoms with Gasteiger partial charge in [0.15, 0.2) is 0 Å². The molecule has 3 aliphatic rings. The lowest BCUT2D eigenvalue weighted by Crippen LogP contribution is -2.24. The number of benzene rings is 5. The van der Waals surface area contributed by atoms with Gasteiger partial charge in [0.25, 0.3) is 0 Å². The highest BCUT2D eigenvalue weighted by molar-refractivity contribution is 6.19. The molecule has 2 unspecified atom stereocenters. The monoisotopic (exact) mass is 444 g/mol. The topological polar surface area (TPSA) is 0 Å². The van der Waals surface area contributed by atoms with Crippen LogP contribution in [0.1, 0.15) is 34.9 Å². The van der Waals surface area contributed by atoms with Crippen molar-refractivity contribution in [3.63, 3.8) is 0 Å². The van der Waals surface area contributed by atoms with Crippen molar-refractivity contribution in [2.75, 3.05) is 0 Å². The second-order valence-electron chi connectivity index (χ2n) is 10.0. The van der Waals surface area contributed by atoms with E-state index in [0.29, 0.717) is 11.8 Å². The van der Waals surface area contributed by atoms with Gasteiger partial charge in [-0.2, -0.15) is 0 Å². The molecule has 8 rings (SSSR count). The summed E-state index contributed by atoms with van der Waals surface area (Å²) in [6.07, 6.45) is 13.0. The van der Waals surface area contributed by atoms with Gasteiger partial charge in [-0.1, -0.05) is 121 Å². The Bertz CT molecular complexity index is 1810. The maximum absolute atomic E-state index is 2.47. The minimum atomic E-state index is 0.519. The third-order valence-corrected chi connectivity index (χ3v) is 8.24. The van der Waals surface area contributed by atoms with Crippen molar-refractivity contribution >= 4 is 33.2 Å². The molecule has 2 atom stereocenters. The van der Waals surface area contributed by atoms with Crippen molar-refractivity contribution in [1.82, 2.24) is 0 Å². The van der Waals surface area contributed by atoms with Crippen LogP contribution in [-0.4, -0.2) is 0 Å². The first-order valence-corrected chi connectivity index (χ1v) is 12.6. The molecule has 0 bridgehead atoms. The van der Waals surface area contributed by atoms with Gasteiger partial charge in [-0.15, -0.1) is 0 Å². The maximum Gasteiger partial charge on any atom is 0.00394 e. The van der Waals surface area contributed by atoms with Crippen LogP contribution in [0.25, 0.3) is 44.3 Å². The lowest BCUT2D eigenvalue weighted by molar-refractivity contribution is 0.744. The Labute approximate surface area is 204 Å². The van der Waals surface area contributed by atoms with E-state index in [1.165, 1.54) is 60.7 Å². The third kappa shape index (κ3) is 2.63. The summed E-state index contributed by atoms with van der Waals surface area (Å²) >= 11 is 0. The standard InChI is InChI=1S/C35H24/c1-2-9-22(10-3-1)33-26-13-4-6-15-28(26)35(29-16-7-5-14-27(29)33)31-20-18-25-21-24-12-8-11-23-17-19-30(31)34(25)32(23)24/h1-20,24-25H,21H2. The third-order valence-electron chi connectivity index (χ3n) is 8.24. The second-order valence-corrected chi connectivity index (χ2v) is 10.0. The van der Waals surface area contributed by atoms with Crippen molar-refractivity contribution in [2.24, 2.45) is 0 Å². The van der Waals surface area contributed by atoms with Gasteiger partial charge in [-0.3, -0.25) is 0 Å². The summed E-state index contributed by atoms with van der Waals surface area (Å²) in [5.41, 5.74) is 8.45. The van der Waals surface area contributed by atoms with Crippen LogP contribution < -0.4 is 10.4 Å². The van der Waals surface area contributed by atoms with Gasteiger partial charge < -0.3 is 0 Å². The van der Waals surface area contributed by atoms with E-state index in [1.807, 2.05) is 0 Å². The smallest absolute Gasteiger partial charge is 0.00394 e. The number of fused-ring (bicyclic) bond motifs is 2. The number of rotatable bonds is 2. The molecule has 0 heteroatoms. The zero-order chi connectivity index (χ0) is 22.9. The van der Waals surface area contributed by atoms with Gasteiger partial charge >= 0.3 is 0 Å². The summed E-state index contributed by atoms with van der Waals surface area (Å²) in [6, 6.07) is 33.5. The maximum atomic E-state index is 2.47. The normalized spacial score (nSPS) is 19.3. The van der Waals surface area contributed by atoms with Crippen LogP contribution >= 0.6 is 0 Å². The van der Waals surface area contributed by atoms with E-state index in [4.69, 9.17) is 0 Å². The van der Waals surface area contributed by atoms with Crippen LogP contribution in [0.5, 0.6) is 0 Å². The van der Waals surface area contributed by atoms with E-state index < -0.39 is 0 Å². The summed E-state index contributed by atoms with van der Waals surface area (Å²) in [7, 11) is 0. The van der Waals surface area contributed by atoms with Crippen LogP contribution in [0.2, 0.25) is 0 Å². The molecule has 3 aliphatic carbocycles. The summed E-state index contributed by atoms with van der Waals surface area (Å²) < 4.78 is 0. The van der Waals surface area contributed by atoms with Gasteiger partial charge in [-0.05, 0) is 71.8 Å². The van der Waals surface area contributed by atoms with E-state index in [0.717, 1.165) is 0 Å². The van der Waals surface area contributed by atoms with Gasteiger partial charge in [-0.25, -0.2) is 0 Å². The first-order chi connectivity index (χ1) is 17.4. The van der Waals surface area contributed by atoms with Crippen molar-refractivity contribution < 1.29 is 0 Å². The molecule has 0 radical (unpaired) electrons. The van der Waals surface area contributed by atoms with Crippen molar-refractivity contribution in [3.05, 3.63) is 142 Å². The second kappa shape index (κ2) is 7.17. The number of hydrogen-bond donors (Lipinski definition) is 0. The molecule has 0 spiro atoms. The Morgan fingerprint density at radius 2 is 1.17 bits per heavy atom. The zero-order valence-corrected chi connectivity index (χ0v) is 19.4. The molecule has 0 nitrogen and oxygen atoms in total. The molecule has 5 aromatic carbocycles. The molecule has 0 saturated heterocycles. The first kappa shape index (κ1) is 19.2.